The van der Waals surface area contributed by atoms with Crippen molar-refractivity contribution in [3.05, 3.63) is 62.5 Å². The van der Waals surface area contributed by atoms with E-state index in [4.69, 9.17) is 23.2 Å². The van der Waals surface area contributed by atoms with Crippen molar-refractivity contribution < 1.29 is 4.79 Å². The summed E-state index contributed by atoms with van der Waals surface area (Å²) in [5, 5.41) is 3.64. The molecular formula is C13H8BrCl2NO. The lowest BCUT2D eigenvalue weighted by Crippen LogP contribution is -2.12. The van der Waals surface area contributed by atoms with Crippen molar-refractivity contribution in [3.8, 4) is 0 Å². The Kier molecular flexibility index (Phi) is 4.27. The average molecular weight is 345 g/mol. The summed E-state index contributed by atoms with van der Waals surface area (Å²) in [6, 6.07) is 12.1. The van der Waals surface area contributed by atoms with E-state index in [9.17, 15) is 4.79 Å². The van der Waals surface area contributed by atoms with E-state index in [1.54, 1.807) is 24.3 Å². The van der Waals surface area contributed by atoms with Crippen LogP contribution in [-0.4, -0.2) is 5.91 Å². The second-order valence-corrected chi connectivity index (χ2v) is 5.32. The van der Waals surface area contributed by atoms with Crippen LogP contribution in [0, 0.1) is 0 Å². The Bertz CT molecular complexity index is 581. The Morgan fingerprint density at radius 2 is 1.67 bits per heavy atom. The van der Waals surface area contributed by atoms with Crippen LogP contribution in [0.2, 0.25) is 10.0 Å². The maximum Gasteiger partial charge on any atom is 0.255 e. The molecule has 0 spiro atoms. The molecule has 0 fully saturated rings. The molecule has 0 atom stereocenters. The fraction of sp³-hybridized carbons (Fsp3) is 0. The predicted molar refractivity (Wildman–Crippen MR) is 78.6 cm³/mol. The maximum atomic E-state index is 12.0. The molecular weight excluding hydrogens is 337 g/mol. The lowest BCUT2D eigenvalue weighted by Gasteiger charge is -2.07. The minimum absolute atomic E-state index is 0.258. The van der Waals surface area contributed by atoms with Gasteiger partial charge in [0, 0.05) is 20.1 Å². The van der Waals surface area contributed by atoms with Crippen molar-refractivity contribution in [1.29, 1.82) is 0 Å². The number of carbonyl (C=O) groups excluding carboxylic acids is 1. The van der Waals surface area contributed by atoms with Gasteiger partial charge in [-0.25, -0.2) is 0 Å². The van der Waals surface area contributed by atoms with Gasteiger partial charge in [0.2, 0.25) is 0 Å². The molecule has 2 nitrogen and oxygen atoms in total. The van der Waals surface area contributed by atoms with Crippen molar-refractivity contribution >= 4 is 50.7 Å². The van der Waals surface area contributed by atoms with E-state index in [1.807, 2.05) is 18.2 Å². The van der Waals surface area contributed by atoms with Gasteiger partial charge in [0.1, 0.15) is 0 Å². The molecule has 0 bridgehead atoms. The molecule has 0 saturated carbocycles. The minimum Gasteiger partial charge on any atom is -0.321 e. The molecule has 1 N–H and O–H groups in total. The van der Waals surface area contributed by atoms with Crippen molar-refractivity contribution in [2.75, 3.05) is 5.32 Å². The smallest absolute Gasteiger partial charge is 0.255 e. The Morgan fingerprint density at radius 3 is 2.28 bits per heavy atom. The Balaban J connectivity index is 2.25. The van der Waals surface area contributed by atoms with Crippen LogP contribution in [0.3, 0.4) is 0 Å². The van der Waals surface area contributed by atoms with Crippen LogP contribution in [-0.2, 0) is 0 Å². The summed E-state index contributed by atoms with van der Waals surface area (Å²) in [6.45, 7) is 0. The number of hydrogen-bond donors (Lipinski definition) is 1. The SMILES string of the molecule is O=C(Nc1ccccc1Br)c1cc(Cl)cc(Cl)c1. The van der Waals surface area contributed by atoms with Crippen LogP contribution >= 0.6 is 39.1 Å². The van der Waals surface area contributed by atoms with Crippen LogP contribution < -0.4 is 5.32 Å². The number of nitrogens with one attached hydrogen (secondary N) is 1. The number of halogens is 3. The zero-order valence-corrected chi connectivity index (χ0v) is 12.2. The van der Waals surface area contributed by atoms with Crippen LogP contribution in [0.15, 0.2) is 46.9 Å². The second kappa shape index (κ2) is 5.74. The van der Waals surface area contributed by atoms with Gasteiger partial charge in [-0.1, -0.05) is 35.3 Å². The fourth-order valence-electron chi connectivity index (χ4n) is 1.44. The van der Waals surface area contributed by atoms with Gasteiger partial charge < -0.3 is 5.32 Å². The molecule has 2 aromatic rings. The molecule has 0 aliphatic heterocycles. The standard InChI is InChI=1S/C13H8BrCl2NO/c14-11-3-1-2-4-12(11)17-13(18)8-5-9(15)7-10(16)6-8/h1-7H,(H,17,18). The molecule has 0 aromatic heterocycles. The maximum absolute atomic E-state index is 12.0. The molecule has 1 amide bonds. The van der Waals surface area contributed by atoms with Crippen LogP contribution in [0.25, 0.3) is 0 Å². The molecule has 2 rings (SSSR count). The third-order valence-corrected chi connectivity index (χ3v) is 3.37. The quantitative estimate of drug-likeness (QED) is 0.815. The number of amides is 1. The summed E-state index contributed by atoms with van der Waals surface area (Å²) in [5.41, 5.74) is 1.11. The molecule has 18 heavy (non-hydrogen) atoms. The van der Waals surface area contributed by atoms with Gasteiger partial charge in [0.05, 0.1) is 5.69 Å². The number of rotatable bonds is 2. The van der Waals surface area contributed by atoms with Gasteiger partial charge >= 0.3 is 0 Å². The van der Waals surface area contributed by atoms with Crippen molar-refractivity contribution in [2.24, 2.45) is 0 Å². The first-order chi connectivity index (χ1) is 8.56. The van der Waals surface area contributed by atoms with Gasteiger partial charge in [0.25, 0.3) is 5.91 Å². The molecule has 0 radical (unpaired) electrons. The van der Waals surface area contributed by atoms with E-state index in [0.717, 1.165) is 4.47 Å². The van der Waals surface area contributed by atoms with E-state index in [2.05, 4.69) is 21.2 Å². The normalized spacial score (nSPS) is 10.2. The average Bonchev–Trinajstić information content (AvgIpc) is 2.31. The summed E-state index contributed by atoms with van der Waals surface area (Å²) in [5.74, 6) is -0.258. The number of carbonyl (C=O) groups is 1. The lowest BCUT2D eigenvalue weighted by atomic mass is 10.2. The molecule has 0 heterocycles. The first kappa shape index (κ1) is 13.4. The molecule has 0 aliphatic carbocycles. The molecule has 2 aromatic carbocycles. The minimum atomic E-state index is -0.258. The number of benzene rings is 2. The Hall–Kier alpha value is -1.03. The highest BCUT2D eigenvalue weighted by molar-refractivity contribution is 9.10. The zero-order chi connectivity index (χ0) is 13.1. The molecule has 0 saturated heterocycles. The molecule has 0 aliphatic rings. The van der Waals surface area contributed by atoms with Crippen LogP contribution in [0.4, 0.5) is 5.69 Å². The molecule has 0 unspecified atom stereocenters. The number of hydrogen-bond acceptors (Lipinski definition) is 1. The van der Waals surface area contributed by atoms with E-state index in [0.29, 0.717) is 21.3 Å². The Morgan fingerprint density at radius 1 is 1.06 bits per heavy atom. The van der Waals surface area contributed by atoms with Crippen LogP contribution in [0.5, 0.6) is 0 Å². The highest BCUT2D eigenvalue weighted by atomic mass is 79.9. The van der Waals surface area contributed by atoms with Crippen molar-refractivity contribution in [3.63, 3.8) is 0 Å². The third-order valence-electron chi connectivity index (χ3n) is 2.25. The van der Waals surface area contributed by atoms with Gasteiger partial charge in [-0.05, 0) is 46.3 Å². The Labute approximate surface area is 123 Å². The van der Waals surface area contributed by atoms with Gasteiger partial charge in [-0.2, -0.15) is 0 Å². The monoisotopic (exact) mass is 343 g/mol. The summed E-state index contributed by atoms with van der Waals surface area (Å²) in [4.78, 5) is 12.0. The summed E-state index contributed by atoms with van der Waals surface area (Å²) in [6.07, 6.45) is 0. The second-order valence-electron chi connectivity index (χ2n) is 3.59. The zero-order valence-electron chi connectivity index (χ0n) is 9.08. The predicted octanol–water partition coefficient (Wildman–Crippen LogP) is 5.01. The van der Waals surface area contributed by atoms with E-state index in [1.165, 1.54) is 0 Å². The number of anilines is 1. The highest BCUT2D eigenvalue weighted by Gasteiger charge is 2.09. The van der Waals surface area contributed by atoms with Gasteiger partial charge in [0.15, 0.2) is 0 Å². The van der Waals surface area contributed by atoms with Crippen LogP contribution in [0.1, 0.15) is 10.4 Å². The van der Waals surface area contributed by atoms with Gasteiger partial charge in [-0.15, -0.1) is 0 Å². The first-order valence-corrected chi connectivity index (χ1v) is 6.63. The highest BCUT2D eigenvalue weighted by Crippen LogP contribution is 2.23. The lowest BCUT2D eigenvalue weighted by molar-refractivity contribution is 0.102. The largest absolute Gasteiger partial charge is 0.321 e. The van der Waals surface area contributed by atoms with E-state index in [-0.39, 0.29) is 5.91 Å². The summed E-state index contributed by atoms with van der Waals surface area (Å²) < 4.78 is 0.812. The van der Waals surface area contributed by atoms with Crippen molar-refractivity contribution in [1.82, 2.24) is 0 Å². The summed E-state index contributed by atoms with van der Waals surface area (Å²) >= 11 is 15.1. The summed E-state index contributed by atoms with van der Waals surface area (Å²) in [7, 11) is 0. The molecule has 92 valence electrons. The van der Waals surface area contributed by atoms with E-state index < -0.39 is 0 Å². The van der Waals surface area contributed by atoms with E-state index >= 15 is 0 Å². The van der Waals surface area contributed by atoms with Gasteiger partial charge in [-0.3, -0.25) is 4.79 Å². The molecule has 5 heteroatoms. The first-order valence-electron chi connectivity index (χ1n) is 5.08. The van der Waals surface area contributed by atoms with Crippen molar-refractivity contribution in [2.45, 2.75) is 0 Å². The fourth-order valence-corrected chi connectivity index (χ4v) is 2.35. The third kappa shape index (κ3) is 3.25. The number of para-hydroxylation sites is 1. The topological polar surface area (TPSA) is 29.1 Å².